The topological polar surface area (TPSA) is 85.1 Å². The number of aryl methyl sites for hydroxylation is 1. The third kappa shape index (κ3) is 5.98. The van der Waals surface area contributed by atoms with Gasteiger partial charge in [0.1, 0.15) is 17.1 Å². The van der Waals surface area contributed by atoms with Gasteiger partial charge < -0.3 is 23.8 Å². The van der Waals surface area contributed by atoms with Crippen molar-refractivity contribution in [2.45, 2.75) is 46.0 Å². The Labute approximate surface area is 211 Å². The van der Waals surface area contributed by atoms with Gasteiger partial charge in [-0.1, -0.05) is 36.7 Å². The number of carbonyl (C=O) groups is 2. The van der Waals surface area contributed by atoms with E-state index >= 15 is 0 Å². The molecule has 0 N–H and O–H groups in total. The number of piperidine rings is 1. The fourth-order valence-corrected chi connectivity index (χ4v) is 4.98. The smallest absolute Gasteiger partial charge is 0.259 e. The Morgan fingerprint density at radius 3 is 2.51 bits per heavy atom. The van der Waals surface area contributed by atoms with Crippen LogP contribution in [0.2, 0.25) is 5.02 Å². The second-order valence-electron chi connectivity index (χ2n) is 9.86. The molecular weight excluding hydrogens is 470 g/mol. The lowest BCUT2D eigenvalue weighted by atomic mass is 9.75. The Hall–Kier alpha value is -2.58. The number of halogens is 1. The maximum absolute atomic E-state index is 13.4. The van der Waals surface area contributed by atoms with Crippen LogP contribution in [0.5, 0.6) is 5.75 Å². The Balaban J connectivity index is 1.48. The van der Waals surface area contributed by atoms with Crippen LogP contribution in [0.4, 0.5) is 0 Å². The Morgan fingerprint density at radius 2 is 1.86 bits per heavy atom. The van der Waals surface area contributed by atoms with Crippen molar-refractivity contribution in [3.05, 3.63) is 46.3 Å². The molecule has 2 aromatic rings. The first-order valence-corrected chi connectivity index (χ1v) is 12.7. The van der Waals surface area contributed by atoms with Crippen LogP contribution in [0, 0.1) is 12.3 Å². The minimum Gasteiger partial charge on any atom is -0.493 e. The first-order chi connectivity index (χ1) is 16.8. The molecule has 0 spiro atoms. The predicted octanol–water partition coefficient (Wildman–Crippen LogP) is 4.31. The molecule has 0 saturated carbocycles. The summed E-state index contributed by atoms with van der Waals surface area (Å²) in [5, 5.41) is 4.71. The minimum atomic E-state index is -0.376. The van der Waals surface area contributed by atoms with Gasteiger partial charge in [0, 0.05) is 43.0 Å². The molecule has 9 heteroatoms. The van der Waals surface area contributed by atoms with Gasteiger partial charge in [0.25, 0.3) is 5.91 Å². The monoisotopic (exact) mass is 503 g/mol. The van der Waals surface area contributed by atoms with Crippen molar-refractivity contribution in [1.82, 2.24) is 15.0 Å². The largest absolute Gasteiger partial charge is 0.493 e. The lowest BCUT2D eigenvalue weighted by molar-refractivity contribution is -0.139. The number of carbonyl (C=O) groups excluding carboxylic acids is 2. The van der Waals surface area contributed by atoms with Gasteiger partial charge in [-0.05, 0) is 43.9 Å². The molecule has 1 aromatic heterocycles. The van der Waals surface area contributed by atoms with Gasteiger partial charge in [-0.25, -0.2) is 0 Å². The van der Waals surface area contributed by atoms with Crippen LogP contribution in [-0.4, -0.2) is 72.8 Å². The second-order valence-corrected chi connectivity index (χ2v) is 10.3. The number of hydrogen-bond acceptors (Lipinski definition) is 6. The van der Waals surface area contributed by atoms with Crippen molar-refractivity contribution >= 4 is 23.4 Å². The van der Waals surface area contributed by atoms with Crippen molar-refractivity contribution in [2.75, 3.05) is 46.0 Å². The lowest BCUT2D eigenvalue weighted by Gasteiger charge is -2.42. The highest BCUT2D eigenvalue weighted by atomic mass is 35.5. The molecular formula is C26H34ClN3O5. The molecule has 35 heavy (non-hydrogen) atoms. The molecule has 3 heterocycles. The van der Waals surface area contributed by atoms with Crippen LogP contribution in [-0.2, 0) is 9.53 Å². The predicted molar refractivity (Wildman–Crippen MR) is 132 cm³/mol. The molecule has 0 atom stereocenters. The number of rotatable bonds is 7. The Morgan fingerprint density at radius 1 is 1.14 bits per heavy atom. The molecule has 2 amide bonds. The molecule has 0 unspecified atom stereocenters. The van der Waals surface area contributed by atoms with Crippen molar-refractivity contribution in [3.8, 4) is 5.75 Å². The van der Waals surface area contributed by atoms with Crippen LogP contribution in [0.1, 0.15) is 60.8 Å². The second kappa shape index (κ2) is 11.0. The van der Waals surface area contributed by atoms with E-state index in [9.17, 15) is 9.59 Å². The molecule has 8 nitrogen and oxygen atoms in total. The average molecular weight is 504 g/mol. The van der Waals surface area contributed by atoms with Crippen molar-refractivity contribution < 1.29 is 23.6 Å². The molecule has 1 aromatic carbocycles. The van der Waals surface area contributed by atoms with E-state index in [2.05, 4.69) is 5.16 Å². The number of amides is 2. The van der Waals surface area contributed by atoms with E-state index in [0.29, 0.717) is 93.1 Å². The highest BCUT2D eigenvalue weighted by Gasteiger charge is 2.41. The minimum absolute atomic E-state index is 0.0590. The van der Waals surface area contributed by atoms with Crippen LogP contribution in [0.25, 0.3) is 0 Å². The Kier molecular flexibility index (Phi) is 8.02. The van der Waals surface area contributed by atoms with Crippen molar-refractivity contribution in [3.63, 3.8) is 0 Å². The maximum Gasteiger partial charge on any atom is 0.259 e. The number of nitrogens with zero attached hydrogens (tertiary/aromatic N) is 3. The molecule has 4 rings (SSSR count). The fraction of sp³-hybridized carbons (Fsp3) is 0.577. The van der Waals surface area contributed by atoms with Crippen molar-refractivity contribution in [1.29, 1.82) is 0 Å². The van der Waals surface area contributed by atoms with Gasteiger partial charge in [-0.15, -0.1) is 0 Å². The quantitative estimate of drug-likeness (QED) is 0.559. The van der Waals surface area contributed by atoms with Crippen LogP contribution >= 0.6 is 11.6 Å². The summed E-state index contributed by atoms with van der Waals surface area (Å²) in [6.45, 7) is 9.59. The summed E-state index contributed by atoms with van der Waals surface area (Å²) >= 11 is 6.13. The van der Waals surface area contributed by atoms with Crippen LogP contribution in [0.15, 0.2) is 28.8 Å². The standard InChI is InChI=1S/C26H34ClN3O5/c1-18(2)24-23(19(3)35-28-24)25(32)30-9-7-26(8-10-30,16-22(31)29-11-13-33-14-12-29)17-34-21-6-4-5-20(27)15-21/h4-6,15,18H,7-14,16-17H2,1-3H3. The van der Waals surface area contributed by atoms with E-state index in [1.54, 1.807) is 19.1 Å². The normalized spacial score (nSPS) is 18.1. The van der Waals surface area contributed by atoms with E-state index in [1.807, 2.05) is 35.8 Å². The summed E-state index contributed by atoms with van der Waals surface area (Å²) in [6, 6.07) is 7.29. The fourth-order valence-electron chi connectivity index (χ4n) is 4.80. The zero-order valence-corrected chi connectivity index (χ0v) is 21.5. The number of hydrogen-bond donors (Lipinski definition) is 0. The van der Waals surface area contributed by atoms with Crippen LogP contribution < -0.4 is 4.74 Å². The summed E-state index contributed by atoms with van der Waals surface area (Å²) in [5.74, 6) is 1.36. The van der Waals surface area contributed by atoms with E-state index in [0.717, 1.165) is 0 Å². The number of likely N-dealkylation sites (tertiary alicyclic amines) is 1. The number of benzene rings is 1. The number of morpholine rings is 1. The third-order valence-corrected chi connectivity index (χ3v) is 7.23. The summed E-state index contributed by atoms with van der Waals surface area (Å²) in [5.41, 5.74) is 0.877. The summed E-state index contributed by atoms with van der Waals surface area (Å²) in [4.78, 5) is 30.3. The van der Waals surface area contributed by atoms with Gasteiger partial charge >= 0.3 is 0 Å². The molecule has 0 aliphatic carbocycles. The van der Waals surface area contributed by atoms with Gasteiger partial charge in [0.15, 0.2) is 0 Å². The van der Waals surface area contributed by atoms with Gasteiger partial charge in [0.05, 0.1) is 25.5 Å². The highest BCUT2D eigenvalue weighted by molar-refractivity contribution is 6.30. The third-order valence-electron chi connectivity index (χ3n) is 6.99. The summed E-state index contributed by atoms with van der Waals surface area (Å²) < 4.78 is 16.9. The molecule has 2 aliphatic rings. The van der Waals surface area contributed by atoms with Gasteiger partial charge in [0.2, 0.25) is 5.91 Å². The molecule has 2 aliphatic heterocycles. The Bertz CT molecular complexity index is 1040. The van der Waals surface area contributed by atoms with E-state index in [-0.39, 0.29) is 23.1 Å². The van der Waals surface area contributed by atoms with E-state index in [4.69, 9.17) is 25.6 Å². The molecule has 0 bridgehead atoms. The first kappa shape index (κ1) is 25.5. The van der Waals surface area contributed by atoms with Crippen molar-refractivity contribution in [2.24, 2.45) is 5.41 Å². The zero-order valence-electron chi connectivity index (χ0n) is 20.7. The average Bonchev–Trinajstić information content (AvgIpc) is 3.25. The lowest BCUT2D eigenvalue weighted by Crippen LogP contribution is -2.49. The highest BCUT2D eigenvalue weighted by Crippen LogP contribution is 2.38. The first-order valence-electron chi connectivity index (χ1n) is 12.3. The SMILES string of the molecule is Cc1onc(C(C)C)c1C(=O)N1CCC(COc2cccc(Cl)c2)(CC(=O)N2CCOCC2)CC1. The zero-order chi connectivity index (χ0) is 25.0. The van der Waals surface area contributed by atoms with E-state index < -0.39 is 0 Å². The molecule has 2 saturated heterocycles. The molecule has 2 fully saturated rings. The van der Waals surface area contributed by atoms with Gasteiger partial charge in [-0.2, -0.15) is 0 Å². The summed E-state index contributed by atoms with van der Waals surface area (Å²) in [6.07, 6.45) is 1.70. The molecule has 190 valence electrons. The number of ether oxygens (including phenoxy) is 2. The van der Waals surface area contributed by atoms with Crippen LogP contribution in [0.3, 0.4) is 0 Å². The van der Waals surface area contributed by atoms with E-state index in [1.165, 1.54) is 0 Å². The van der Waals surface area contributed by atoms with Gasteiger partial charge in [-0.3, -0.25) is 9.59 Å². The molecule has 0 radical (unpaired) electrons. The summed E-state index contributed by atoms with van der Waals surface area (Å²) in [7, 11) is 0. The number of aromatic nitrogens is 1. The maximum atomic E-state index is 13.4.